The first-order valence-electron chi connectivity index (χ1n) is 7.78. The minimum Gasteiger partial charge on any atom is -0.379 e. The zero-order chi connectivity index (χ0) is 18.7. The van der Waals surface area contributed by atoms with Gasteiger partial charge in [0.2, 0.25) is 0 Å². The van der Waals surface area contributed by atoms with Crippen molar-refractivity contribution in [3.05, 3.63) is 47.5 Å². The van der Waals surface area contributed by atoms with Crippen molar-refractivity contribution in [3.63, 3.8) is 0 Å². The first-order chi connectivity index (χ1) is 12.4. The molecule has 0 radical (unpaired) electrons. The number of aliphatic imine (C=N–C) groups is 1. The molecule has 0 saturated carbocycles. The highest BCUT2D eigenvalue weighted by Gasteiger charge is 2.36. The second-order valence-electron chi connectivity index (χ2n) is 5.85. The average molecular weight is 383 g/mol. The number of hydrogen-bond acceptors (Lipinski definition) is 6. The topological polar surface area (TPSA) is 86.2 Å². The maximum Gasteiger partial charge on any atom is 0.333 e. The molecule has 2 aromatic heterocycles. The molecule has 1 atom stereocenters. The number of halogens is 3. The fourth-order valence-electron chi connectivity index (χ4n) is 2.69. The lowest BCUT2D eigenvalue weighted by Crippen LogP contribution is -2.34. The molecule has 26 heavy (non-hydrogen) atoms. The van der Waals surface area contributed by atoms with E-state index < -0.39 is 18.8 Å². The van der Waals surface area contributed by atoms with E-state index in [2.05, 4.69) is 15.1 Å². The summed E-state index contributed by atoms with van der Waals surface area (Å²) in [5.74, 6) is 0.252. The Balaban J connectivity index is 1.83. The van der Waals surface area contributed by atoms with Crippen molar-refractivity contribution in [1.29, 1.82) is 0 Å². The van der Waals surface area contributed by atoms with Gasteiger partial charge in [-0.2, -0.15) is 13.9 Å². The van der Waals surface area contributed by atoms with Gasteiger partial charge in [0.25, 0.3) is 0 Å². The van der Waals surface area contributed by atoms with Crippen LogP contribution in [-0.2, 0) is 12.0 Å². The Labute approximate surface area is 151 Å². The molecule has 0 aliphatic carbocycles. The molecule has 0 amide bonds. The third kappa shape index (κ3) is 3.74. The highest BCUT2D eigenvalue weighted by molar-refractivity contribution is 8.13. The van der Waals surface area contributed by atoms with Gasteiger partial charge in [0.05, 0.1) is 17.5 Å². The molecule has 0 bridgehead atoms. The summed E-state index contributed by atoms with van der Waals surface area (Å²) in [6.07, 6.45) is 3.98. The van der Waals surface area contributed by atoms with Gasteiger partial charge in [0.15, 0.2) is 11.0 Å². The lowest BCUT2D eigenvalue weighted by atomic mass is 9.91. The zero-order valence-electron chi connectivity index (χ0n) is 13.6. The van der Waals surface area contributed by atoms with Crippen LogP contribution >= 0.6 is 11.8 Å². The number of carbonyl (C=O) groups is 1. The summed E-state index contributed by atoms with van der Waals surface area (Å²) in [6, 6.07) is 3.23. The van der Waals surface area contributed by atoms with Crippen LogP contribution in [0.3, 0.4) is 0 Å². The zero-order valence-corrected chi connectivity index (χ0v) is 14.4. The van der Waals surface area contributed by atoms with Gasteiger partial charge in [-0.3, -0.25) is 9.78 Å². The molecule has 2 aromatic rings. The molecule has 10 heteroatoms. The fourth-order valence-corrected chi connectivity index (χ4v) is 3.58. The van der Waals surface area contributed by atoms with E-state index in [0.29, 0.717) is 33.3 Å². The van der Waals surface area contributed by atoms with Gasteiger partial charge in [0, 0.05) is 24.6 Å². The Morgan fingerprint density at radius 2 is 2.27 bits per heavy atom. The second-order valence-corrected chi connectivity index (χ2v) is 6.96. The summed E-state index contributed by atoms with van der Waals surface area (Å²) in [7, 11) is 0. The SMILES string of the molecule is NC1=N[C@](CF)(c2cc(CC(=O)c3cnn(C(F)F)c3)ccn2)CCS1. The third-order valence-corrected chi connectivity index (χ3v) is 4.90. The number of carbonyl (C=O) groups excluding carboxylic acids is 1. The minimum atomic E-state index is -2.80. The number of hydrogen-bond donors (Lipinski definition) is 1. The van der Waals surface area contributed by atoms with Gasteiger partial charge in [0.1, 0.15) is 12.2 Å². The Morgan fingerprint density at radius 1 is 1.46 bits per heavy atom. The second kappa shape index (κ2) is 7.48. The molecule has 0 spiro atoms. The van der Waals surface area contributed by atoms with Crippen molar-refractivity contribution in [2.75, 3.05) is 12.4 Å². The van der Waals surface area contributed by atoms with Crippen LogP contribution in [0.25, 0.3) is 0 Å². The van der Waals surface area contributed by atoms with Crippen molar-refractivity contribution in [2.45, 2.75) is 24.9 Å². The fraction of sp³-hybridized carbons (Fsp3) is 0.375. The first-order valence-corrected chi connectivity index (χ1v) is 8.77. The minimum absolute atomic E-state index is 0.0409. The van der Waals surface area contributed by atoms with E-state index in [1.165, 1.54) is 18.0 Å². The molecular formula is C16H16F3N5OS. The number of nitrogens with zero attached hydrogens (tertiary/aromatic N) is 4. The van der Waals surface area contributed by atoms with Crippen LogP contribution in [0.1, 0.15) is 34.6 Å². The summed E-state index contributed by atoms with van der Waals surface area (Å²) >= 11 is 1.36. The number of nitrogens with two attached hydrogens (primary N) is 1. The highest BCUT2D eigenvalue weighted by atomic mass is 32.2. The standard InChI is InChI=1S/C16H16F3N5OS/c17-9-16(2-4-26-15(20)23-16)13-6-10(1-3-21-13)5-12(25)11-7-22-24(8-11)14(18)19/h1,3,6-8,14H,2,4-5,9H2,(H2,20,23)/t16-/m1/s1. The molecule has 3 rings (SSSR count). The smallest absolute Gasteiger partial charge is 0.333 e. The first kappa shape index (κ1) is 18.4. The predicted octanol–water partition coefficient (Wildman–Crippen LogP) is 2.72. The summed E-state index contributed by atoms with van der Waals surface area (Å²) in [5.41, 5.74) is 5.67. The number of rotatable bonds is 6. The molecule has 0 unspecified atom stereocenters. The summed E-state index contributed by atoms with van der Waals surface area (Å²) in [5, 5.41) is 3.75. The molecule has 1 aliphatic heterocycles. The van der Waals surface area contributed by atoms with Gasteiger partial charge < -0.3 is 5.73 Å². The number of aromatic nitrogens is 3. The van der Waals surface area contributed by atoms with Crippen LogP contribution < -0.4 is 5.73 Å². The molecular weight excluding hydrogens is 367 g/mol. The average Bonchev–Trinajstić information content (AvgIpc) is 3.12. The Hall–Kier alpha value is -2.36. The van der Waals surface area contributed by atoms with Crippen LogP contribution in [0, 0.1) is 0 Å². The Kier molecular flexibility index (Phi) is 5.30. The van der Waals surface area contributed by atoms with Crippen molar-refractivity contribution >= 4 is 22.7 Å². The van der Waals surface area contributed by atoms with Gasteiger partial charge in [-0.25, -0.2) is 14.1 Å². The van der Waals surface area contributed by atoms with Gasteiger partial charge in [-0.15, -0.1) is 0 Å². The van der Waals surface area contributed by atoms with Crippen molar-refractivity contribution < 1.29 is 18.0 Å². The maximum atomic E-state index is 13.8. The van der Waals surface area contributed by atoms with E-state index in [1.807, 2.05) is 0 Å². The van der Waals surface area contributed by atoms with Crippen LogP contribution in [0.15, 0.2) is 35.7 Å². The van der Waals surface area contributed by atoms with Gasteiger partial charge in [-0.05, 0) is 24.1 Å². The van der Waals surface area contributed by atoms with Gasteiger partial charge >= 0.3 is 6.55 Å². The van der Waals surface area contributed by atoms with Crippen molar-refractivity contribution in [3.8, 4) is 0 Å². The van der Waals surface area contributed by atoms with Crippen LogP contribution in [0.4, 0.5) is 13.2 Å². The molecule has 1 aliphatic rings. The number of alkyl halides is 3. The Morgan fingerprint density at radius 3 is 2.92 bits per heavy atom. The molecule has 6 nitrogen and oxygen atoms in total. The normalized spacial score (nSPS) is 20.2. The number of thioether (sulfide) groups is 1. The van der Waals surface area contributed by atoms with E-state index in [-0.39, 0.29) is 17.8 Å². The molecule has 3 heterocycles. The van der Waals surface area contributed by atoms with Crippen LogP contribution in [0.2, 0.25) is 0 Å². The number of Topliss-reactive ketones (excluding diaryl/α,β-unsaturated/α-hetero) is 1. The highest BCUT2D eigenvalue weighted by Crippen LogP contribution is 2.35. The van der Waals surface area contributed by atoms with E-state index in [0.717, 1.165) is 12.4 Å². The summed E-state index contributed by atoms with van der Waals surface area (Å²) < 4.78 is 39.3. The molecule has 0 aromatic carbocycles. The number of amidine groups is 1. The lowest BCUT2D eigenvalue weighted by molar-refractivity contribution is 0.0565. The quantitative estimate of drug-likeness (QED) is 0.775. The summed E-state index contributed by atoms with van der Waals surface area (Å²) in [4.78, 5) is 20.7. The molecule has 2 N–H and O–H groups in total. The number of ketones is 1. The number of pyridine rings is 1. The van der Waals surface area contributed by atoms with Crippen molar-refractivity contribution in [2.24, 2.45) is 10.7 Å². The molecule has 0 saturated heterocycles. The van der Waals surface area contributed by atoms with E-state index in [9.17, 15) is 18.0 Å². The largest absolute Gasteiger partial charge is 0.379 e. The third-order valence-electron chi connectivity index (χ3n) is 4.10. The van der Waals surface area contributed by atoms with Gasteiger partial charge in [-0.1, -0.05) is 11.8 Å². The van der Waals surface area contributed by atoms with Crippen LogP contribution in [-0.4, -0.2) is 38.1 Å². The molecule has 138 valence electrons. The maximum absolute atomic E-state index is 13.8. The summed E-state index contributed by atoms with van der Waals surface area (Å²) in [6.45, 7) is -3.55. The molecule has 0 fully saturated rings. The lowest BCUT2D eigenvalue weighted by Gasteiger charge is -2.30. The predicted molar refractivity (Wildman–Crippen MR) is 92.1 cm³/mol. The van der Waals surface area contributed by atoms with E-state index in [4.69, 9.17) is 5.73 Å². The Bertz CT molecular complexity index is 841. The van der Waals surface area contributed by atoms with E-state index >= 15 is 0 Å². The van der Waals surface area contributed by atoms with Crippen LogP contribution in [0.5, 0.6) is 0 Å². The van der Waals surface area contributed by atoms with E-state index in [1.54, 1.807) is 12.1 Å². The monoisotopic (exact) mass is 383 g/mol. The van der Waals surface area contributed by atoms with Crippen molar-refractivity contribution in [1.82, 2.24) is 14.8 Å².